The van der Waals surface area contributed by atoms with Gasteiger partial charge in [-0.2, -0.15) is 4.98 Å². The lowest BCUT2D eigenvalue weighted by atomic mass is 10.0. The first-order valence-electron chi connectivity index (χ1n) is 5.48. The van der Waals surface area contributed by atoms with Crippen molar-refractivity contribution in [1.82, 2.24) is 19.6 Å². The average Bonchev–Trinajstić information content (AvgIpc) is 2.69. The standard InChI is InChI=1S/C11H16N4/c1-3-4-6-9(2)10-13-11-12-7-5-8-15(11)14-10/h5,7-9H,3-4,6H2,1-2H3. The molecule has 0 saturated carbocycles. The van der Waals surface area contributed by atoms with Crippen molar-refractivity contribution < 1.29 is 0 Å². The molecule has 15 heavy (non-hydrogen) atoms. The molecule has 1 atom stereocenters. The number of nitrogens with zero attached hydrogens (tertiary/aromatic N) is 4. The van der Waals surface area contributed by atoms with Gasteiger partial charge in [-0.3, -0.25) is 0 Å². The van der Waals surface area contributed by atoms with Crippen LogP contribution >= 0.6 is 0 Å². The van der Waals surface area contributed by atoms with E-state index in [1.165, 1.54) is 12.8 Å². The summed E-state index contributed by atoms with van der Waals surface area (Å²) in [6, 6.07) is 1.86. The molecule has 0 aromatic carbocycles. The maximum atomic E-state index is 4.41. The first-order chi connectivity index (χ1) is 7.31. The van der Waals surface area contributed by atoms with E-state index in [0.29, 0.717) is 11.7 Å². The summed E-state index contributed by atoms with van der Waals surface area (Å²) in [4.78, 5) is 8.56. The lowest BCUT2D eigenvalue weighted by Crippen LogP contribution is -1.96. The minimum absolute atomic E-state index is 0.423. The van der Waals surface area contributed by atoms with Gasteiger partial charge in [0.2, 0.25) is 0 Å². The van der Waals surface area contributed by atoms with E-state index in [1.54, 1.807) is 10.7 Å². The van der Waals surface area contributed by atoms with Gasteiger partial charge in [-0.1, -0.05) is 26.7 Å². The van der Waals surface area contributed by atoms with Gasteiger partial charge in [-0.05, 0) is 12.5 Å². The largest absolute Gasteiger partial charge is 0.252 e. The Morgan fingerprint density at radius 2 is 2.33 bits per heavy atom. The van der Waals surface area contributed by atoms with Crippen LogP contribution in [0.25, 0.3) is 5.78 Å². The van der Waals surface area contributed by atoms with Crippen LogP contribution in [0.4, 0.5) is 0 Å². The zero-order chi connectivity index (χ0) is 10.7. The monoisotopic (exact) mass is 204 g/mol. The highest BCUT2D eigenvalue weighted by atomic mass is 15.3. The number of aromatic nitrogens is 4. The minimum Gasteiger partial charge on any atom is -0.220 e. The lowest BCUT2D eigenvalue weighted by Gasteiger charge is -2.04. The van der Waals surface area contributed by atoms with Crippen LogP contribution in [0.1, 0.15) is 44.9 Å². The van der Waals surface area contributed by atoms with Crippen LogP contribution in [0.3, 0.4) is 0 Å². The molecule has 2 rings (SSSR count). The second-order valence-corrected chi connectivity index (χ2v) is 3.88. The van der Waals surface area contributed by atoms with Crippen LogP contribution in [-0.2, 0) is 0 Å². The number of hydrogen-bond acceptors (Lipinski definition) is 3. The van der Waals surface area contributed by atoms with Crippen molar-refractivity contribution in [2.75, 3.05) is 0 Å². The molecule has 0 radical (unpaired) electrons. The van der Waals surface area contributed by atoms with E-state index in [-0.39, 0.29) is 0 Å². The molecule has 0 aliphatic carbocycles. The summed E-state index contributed by atoms with van der Waals surface area (Å²) in [5.74, 6) is 2.02. The molecule has 2 aromatic heterocycles. The fraction of sp³-hybridized carbons (Fsp3) is 0.545. The van der Waals surface area contributed by atoms with Crippen molar-refractivity contribution in [3.05, 3.63) is 24.3 Å². The third-order valence-electron chi connectivity index (χ3n) is 2.56. The summed E-state index contributed by atoms with van der Waals surface area (Å²) in [5.41, 5.74) is 0. The van der Waals surface area contributed by atoms with Crippen molar-refractivity contribution in [2.24, 2.45) is 0 Å². The Morgan fingerprint density at radius 1 is 1.47 bits per heavy atom. The van der Waals surface area contributed by atoms with Gasteiger partial charge in [0.05, 0.1) is 0 Å². The highest BCUT2D eigenvalue weighted by Crippen LogP contribution is 2.17. The maximum Gasteiger partial charge on any atom is 0.252 e. The number of unbranched alkanes of at least 4 members (excludes halogenated alkanes) is 1. The Kier molecular flexibility index (Phi) is 2.94. The molecule has 2 aromatic rings. The highest BCUT2D eigenvalue weighted by Gasteiger charge is 2.11. The first-order valence-corrected chi connectivity index (χ1v) is 5.48. The SMILES string of the molecule is CCCCC(C)c1nc2ncccn2n1. The fourth-order valence-electron chi connectivity index (χ4n) is 1.60. The molecular weight excluding hydrogens is 188 g/mol. The Balaban J connectivity index is 2.20. The number of rotatable bonds is 4. The Hall–Kier alpha value is -1.45. The third-order valence-corrected chi connectivity index (χ3v) is 2.56. The molecule has 4 nitrogen and oxygen atoms in total. The maximum absolute atomic E-state index is 4.41. The summed E-state index contributed by atoms with van der Waals surface area (Å²) < 4.78 is 1.73. The molecule has 0 bridgehead atoms. The van der Waals surface area contributed by atoms with Crippen LogP contribution in [0.15, 0.2) is 18.5 Å². The van der Waals surface area contributed by atoms with Gasteiger partial charge in [-0.25, -0.2) is 9.50 Å². The van der Waals surface area contributed by atoms with Crippen molar-refractivity contribution in [1.29, 1.82) is 0 Å². The molecule has 0 amide bonds. The predicted octanol–water partition coefficient (Wildman–Crippen LogP) is 2.42. The van der Waals surface area contributed by atoms with Crippen molar-refractivity contribution in [3.63, 3.8) is 0 Å². The van der Waals surface area contributed by atoms with Crippen LogP contribution in [0.2, 0.25) is 0 Å². The molecular formula is C11H16N4. The molecule has 0 aliphatic heterocycles. The van der Waals surface area contributed by atoms with Gasteiger partial charge in [-0.15, -0.1) is 5.10 Å². The molecule has 0 fully saturated rings. The normalized spacial score (nSPS) is 13.2. The molecule has 0 saturated heterocycles. The van der Waals surface area contributed by atoms with Crippen molar-refractivity contribution in [3.8, 4) is 0 Å². The van der Waals surface area contributed by atoms with Crippen LogP contribution in [0, 0.1) is 0 Å². The molecule has 1 unspecified atom stereocenters. The third kappa shape index (κ3) is 2.14. The molecule has 0 spiro atoms. The summed E-state index contributed by atoms with van der Waals surface area (Å²) in [7, 11) is 0. The average molecular weight is 204 g/mol. The van der Waals surface area contributed by atoms with Crippen LogP contribution < -0.4 is 0 Å². The second-order valence-electron chi connectivity index (χ2n) is 3.88. The van der Waals surface area contributed by atoms with E-state index in [1.807, 2.05) is 12.3 Å². The van der Waals surface area contributed by atoms with Crippen LogP contribution in [0.5, 0.6) is 0 Å². The fourth-order valence-corrected chi connectivity index (χ4v) is 1.60. The van der Waals surface area contributed by atoms with Gasteiger partial charge >= 0.3 is 0 Å². The minimum atomic E-state index is 0.423. The summed E-state index contributed by atoms with van der Waals surface area (Å²) in [6.07, 6.45) is 7.21. The predicted molar refractivity (Wildman–Crippen MR) is 58.7 cm³/mol. The number of hydrogen-bond donors (Lipinski definition) is 0. The molecule has 0 N–H and O–H groups in total. The highest BCUT2D eigenvalue weighted by molar-refractivity contribution is 5.25. The van der Waals surface area contributed by atoms with Gasteiger partial charge in [0.25, 0.3) is 5.78 Å². The van der Waals surface area contributed by atoms with Gasteiger partial charge in [0.15, 0.2) is 5.82 Å². The van der Waals surface area contributed by atoms with E-state index < -0.39 is 0 Å². The Labute approximate surface area is 89.4 Å². The Bertz CT molecular complexity index is 402. The second kappa shape index (κ2) is 4.38. The molecule has 2 heterocycles. The van der Waals surface area contributed by atoms with E-state index in [2.05, 4.69) is 28.9 Å². The molecule has 0 aliphatic rings. The smallest absolute Gasteiger partial charge is 0.220 e. The van der Waals surface area contributed by atoms with E-state index in [4.69, 9.17) is 0 Å². The van der Waals surface area contributed by atoms with E-state index in [9.17, 15) is 0 Å². The molecule has 4 heteroatoms. The zero-order valence-electron chi connectivity index (χ0n) is 9.22. The topological polar surface area (TPSA) is 43.1 Å². The van der Waals surface area contributed by atoms with E-state index in [0.717, 1.165) is 12.2 Å². The Morgan fingerprint density at radius 3 is 3.07 bits per heavy atom. The van der Waals surface area contributed by atoms with Crippen molar-refractivity contribution >= 4 is 5.78 Å². The quantitative estimate of drug-likeness (QED) is 0.768. The lowest BCUT2D eigenvalue weighted by molar-refractivity contribution is 0.595. The number of fused-ring (bicyclic) bond motifs is 1. The zero-order valence-corrected chi connectivity index (χ0v) is 9.22. The van der Waals surface area contributed by atoms with Gasteiger partial charge in [0, 0.05) is 18.3 Å². The first kappa shape index (κ1) is 10.1. The van der Waals surface area contributed by atoms with Crippen LogP contribution in [-0.4, -0.2) is 19.6 Å². The summed E-state index contributed by atoms with van der Waals surface area (Å²) in [5, 5.41) is 4.41. The van der Waals surface area contributed by atoms with Gasteiger partial charge < -0.3 is 0 Å². The van der Waals surface area contributed by atoms with Crippen molar-refractivity contribution in [2.45, 2.75) is 39.0 Å². The molecule has 80 valence electrons. The summed E-state index contributed by atoms with van der Waals surface area (Å²) in [6.45, 7) is 4.37. The van der Waals surface area contributed by atoms with E-state index >= 15 is 0 Å². The van der Waals surface area contributed by atoms with Gasteiger partial charge in [0.1, 0.15) is 0 Å². The summed E-state index contributed by atoms with van der Waals surface area (Å²) >= 11 is 0.